The highest BCUT2D eigenvalue weighted by Crippen LogP contribution is 2.23. The van der Waals surface area contributed by atoms with Crippen molar-refractivity contribution in [1.82, 2.24) is 9.88 Å². The van der Waals surface area contributed by atoms with E-state index in [4.69, 9.17) is 0 Å². The molecule has 3 rings (SSSR count). The molecule has 0 radical (unpaired) electrons. The fourth-order valence-electron chi connectivity index (χ4n) is 2.39. The summed E-state index contributed by atoms with van der Waals surface area (Å²) in [5.41, 5.74) is 1.11. The summed E-state index contributed by atoms with van der Waals surface area (Å²) >= 11 is 3.50. The van der Waals surface area contributed by atoms with Crippen LogP contribution < -0.4 is 0 Å². The summed E-state index contributed by atoms with van der Waals surface area (Å²) in [5, 5.41) is 2.30. The maximum atomic E-state index is 11.8. The van der Waals surface area contributed by atoms with E-state index >= 15 is 0 Å². The molecule has 18 heavy (non-hydrogen) atoms. The molecule has 0 saturated carbocycles. The highest BCUT2D eigenvalue weighted by molar-refractivity contribution is 9.09. The first-order valence-electron chi connectivity index (χ1n) is 5.97. The lowest BCUT2D eigenvalue weighted by molar-refractivity contribution is -0.128. The molecular formula is C14H13BrN2O. The minimum absolute atomic E-state index is 0.213. The van der Waals surface area contributed by atoms with Crippen LogP contribution in [0.3, 0.4) is 0 Å². The van der Waals surface area contributed by atoms with Crippen molar-refractivity contribution in [2.75, 3.05) is 6.54 Å². The van der Waals surface area contributed by atoms with Gasteiger partial charge in [-0.25, -0.2) is 0 Å². The summed E-state index contributed by atoms with van der Waals surface area (Å²) in [5.74, 6) is 0.213. The summed E-state index contributed by atoms with van der Waals surface area (Å²) < 4.78 is 0. The second kappa shape index (κ2) is 4.69. The van der Waals surface area contributed by atoms with Gasteiger partial charge in [0.25, 0.3) is 0 Å². The van der Waals surface area contributed by atoms with E-state index in [0.29, 0.717) is 13.0 Å². The molecule has 0 bridgehead atoms. The van der Waals surface area contributed by atoms with E-state index in [1.54, 1.807) is 0 Å². The zero-order valence-electron chi connectivity index (χ0n) is 9.84. The van der Waals surface area contributed by atoms with E-state index in [-0.39, 0.29) is 10.7 Å². The van der Waals surface area contributed by atoms with Crippen molar-refractivity contribution >= 4 is 32.6 Å². The van der Waals surface area contributed by atoms with E-state index in [1.165, 1.54) is 5.39 Å². The Hall–Kier alpha value is -1.42. The number of nitrogens with zero attached hydrogens (tertiary/aromatic N) is 2. The molecule has 1 aromatic carbocycles. The van der Waals surface area contributed by atoms with Crippen molar-refractivity contribution in [3.8, 4) is 0 Å². The maximum Gasteiger partial charge on any atom is 0.224 e. The highest BCUT2D eigenvalue weighted by Gasteiger charge is 2.27. The smallest absolute Gasteiger partial charge is 0.224 e. The van der Waals surface area contributed by atoms with Gasteiger partial charge in [-0.1, -0.05) is 40.2 Å². The number of hydrogen-bond donors (Lipinski definition) is 0. The number of halogens is 1. The molecule has 0 spiro atoms. The zero-order chi connectivity index (χ0) is 12.5. The Morgan fingerprint density at radius 3 is 2.94 bits per heavy atom. The first-order valence-corrected chi connectivity index (χ1v) is 6.89. The Bertz CT molecular complexity index is 594. The second-order valence-corrected chi connectivity index (χ2v) is 5.89. The largest absolute Gasteiger partial charge is 0.337 e. The van der Waals surface area contributed by atoms with Crippen molar-refractivity contribution in [1.29, 1.82) is 0 Å². The van der Waals surface area contributed by atoms with Gasteiger partial charge in [-0.3, -0.25) is 9.78 Å². The van der Waals surface area contributed by atoms with Gasteiger partial charge < -0.3 is 4.90 Å². The monoisotopic (exact) mass is 304 g/mol. The van der Waals surface area contributed by atoms with Gasteiger partial charge in [0.2, 0.25) is 5.91 Å². The Kier molecular flexibility index (Phi) is 3.04. The SMILES string of the molecule is O=C1CC(Br)CN1Cc1cncc2ccccc12. The molecule has 1 saturated heterocycles. The van der Waals surface area contributed by atoms with E-state index in [0.717, 1.165) is 17.5 Å². The van der Waals surface area contributed by atoms with Crippen LogP contribution in [0.15, 0.2) is 36.7 Å². The van der Waals surface area contributed by atoms with Crippen molar-refractivity contribution in [3.05, 3.63) is 42.2 Å². The van der Waals surface area contributed by atoms with Crippen molar-refractivity contribution in [2.45, 2.75) is 17.8 Å². The third kappa shape index (κ3) is 2.12. The number of fused-ring (bicyclic) bond motifs is 1. The first-order chi connectivity index (χ1) is 8.74. The molecule has 0 N–H and O–H groups in total. The molecule has 1 aromatic heterocycles. The number of pyridine rings is 1. The lowest BCUT2D eigenvalue weighted by atomic mass is 10.1. The zero-order valence-corrected chi connectivity index (χ0v) is 11.4. The van der Waals surface area contributed by atoms with E-state index in [2.05, 4.69) is 27.0 Å². The molecule has 2 aromatic rings. The summed E-state index contributed by atoms with van der Waals surface area (Å²) in [6.07, 6.45) is 4.31. The maximum absolute atomic E-state index is 11.8. The van der Waals surface area contributed by atoms with Crippen LogP contribution in [-0.2, 0) is 11.3 Å². The molecule has 1 aliphatic heterocycles. The number of carbonyl (C=O) groups excluding carboxylic acids is 1. The van der Waals surface area contributed by atoms with Gasteiger partial charge in [0.15, 0.2) is 0 Å². The van der Waals surface area contributed by atoms with Crippen molar-refractivity contribution in [3.63, 3.8) is 0 Å². The predicted octanol–water partition coefficient (Wildman–Crippen LogP) is 2.73. The van der Waals surface area contributed by atoms with Crippen LogP contribution in [0.4, 0.5) is 0 Å². The first kappa shape index (κ1) is 11.7. The summed E-state index contributed by atoms with van der Waals surface area (Å²) in [4.78, 5) is 18.2. The molecule has 0 aliphatic carbocycles. The number of aromatic nitrogens is 1. The third-order valence-corrected chi connectivity index (χ3v) is 3.89. The van der Waals surface area contributed by atoms with Crippen LogP contribution in [0.5, 0.6) is 0 Å². The molecule has 4 heteroatoms. The molecule has 1 amide bonds. The van der Waals surface area contributed by atoms with Crippen LogP contribution in [0, 0.1) is 0 Å². The number of likely N-dealkylation sites (tertiary alicyclic amines) is 1. The van der Waals surface area contributed by atoms with Gasteiger partial charge in [0, 0.05) is 42.1 Å². The van der Waals surface area contributed by atoms with E-state index in [9.17, 15) is 4.79 Å². The van der Waals surface area contributed by atoms with Crippen molar-refractivity contribution < 1.29 is 4.79 Å². The van der Waals surface area contributed by atoms with Crippen LogP contribution in [0.25, 0.3) is 10.8 Å². The van der Waals surface area contributed by atoms with Gasteiger partial charge in [0.05, 0.1) is 0 Å². The Labute approximate surface area is 114 Å². The van der Waals surface area contributed by atoms with Gasteiger partial charge in [0.1, 0.15) is 0 Å². The molecule has 1 unspecified atom stereocenters. The highest BCUT2D eigenvalue weighted by atomic mass is 79.9. The molecule has 1 fully saturated rings. The minimum Gasteiger partial charge on any atom is -0.337 e. The topological polar surface area (TPSA) is 33.2 Å². The quantitative estimate of drug-likeness (QED) is 0.799. The average Bonchev–Trinajstić information content (AvgIpc) is 2.68. The molecule has 92 valence electrons. The normalized spacial score (nSPS) is 19.7. The Balaban J connectivity index is 1.93. The number of rotatable bonds is 2. The molecule has 1 atom stereocenters. The van der Waals surface area contributed by atoms with Crippen LogP contribution in [0.2, 0.25) is 0 Å². The number of benzene rings is 1. The second-order valence-electron chi connectivity index (χ2n) is 4.60. The van der Waals surface area contributed by atoms with Gasteiger partial charge in [-0.15, -0.1) is 0 Å². The van der Waals surface area contributed by atoms with Crippen LogP contribution in [-0.4, -0.2) is 27.2 Å². The molecule has 1 aliphatic rings. The number of hydrogen-bond acceptors (Lipinski definition) is 2. The van der Waals surface area contributed by atoms with E-state index in [1.807, 2.05) is 35.5 Å². The summed E-state index contributed by atoms with van der Waals surface area (Å²) in [7, 11) is 0. The van der Waals surface area contributed by atoms with Crippen LogP contribution in [0.1, 0.15) is 12.0 Å². The number of amides is 1. The van der Waals surface area contributed by atoms with Crippen molar-refractivity contribution in [2.24, 2.45) is 0 Å². The lowest BCUT2D eigenvalue weighted by Gasteiger charge is -2.16. The van der Waals surface area contributed by atoms with Gasteiger partial charge >= 0.3 is 0 Å². The lowest BCUT2D eigenvalue weighted by Crippen LogP contribution is -2.24. The minimum atomic E-state index is 0.213. The van der Waals surface area contributed by atoms with Crippen LogP contribution >= 0.6 is 15.9 Å². The Morgan fingerprint density at radius 2 is 2.17 bits per heavy atom. The molecular weight excluding hydrogens is 292 g/mol. The van der Waals surface area contributed by atoms with Gasteiger partial charge in [-0.2, -0.15) is 0 Å². The van der Waals surface area contributed by atoms with E-state index < -0.39 is 0 Å². The number of alkyl halides is 1. The predicted molar refractivity (Wildman–Crippen MR) is 74.5 cm³/mol. The summed E-state index contributed by atoms with van der Waals surface area (Å²) in [6, 6.07) is 8.15. The average molecular weight is 305 g/mol. The standard InChI is InChI=1S/C14H13BrN2O/c15-12-5-14(18)17(9-12)8-11-7-16-6-10-3-1-2-4-13(10)11/h1-4,6-7,12H,5,8-9H2. The molecule has 3 nitrogen and oxygen atoms in total. The third-order valence-electron chi connectivity index (χ3n) is 3.28. The molecule has 2 heterocycles. The number of carbonyl (C=O) groups is 1. The fourth-order valence-corrected chi connectivity index (χ4v) is 3.01. The van der Waals surface area contributed by atoms with Gasteiger partial charge in [-0.05, 0) is 10.9 Å². The fraction of sp³-hybridized carbons (Fsp3) is 0.286. The Morgan fingerprint density at radius 1 is 1.33 bits per heavy atom. The summed E-state index contributed by atoms with van der Waals surface area (Å²) in [6.45, 7) is 1.43.